The van der Waals surface area contributed by atoms with E-state index in [1.165, 1.54) is 18.2 Å². The van der Waals surface area contributed by atoms with Crippen molar-refractivity contribution >= 4 is 27.5 Å². The number of benzene rings is 2. The maximum Gasteiger partial charge on any atom is 0.251 e. The molecule has 0 radical (unpaired) electrons. The standard InChI is InChI=1S/C22H25ClN2O5S/c1-3-29-19-9-15-8-13(2)30-20(15)10-16(19)12-24-22(26)14-4-7-18(23)21(11-14)31(27,28)25-17-5-6-17/h4,7,9-11,13,17,25H,3,5-6,8,12H2,1-2H3,(H,24,26). The first-order valence-corrected chi connectivity index (χ1v) is 12.2. The molecule has 7 nitrogen and oxygen atoms in total. The lowest BCUT2D eigenvalue weighted by Gasteiger charge is -2.14. The molecule has 31 heavy (non-hydrogen) atoms. The zero-order valence-corrected chi connectivity index (χ0v) is 19.0. The van der Waals surface area contributed by atoms with Gasteiger partial charge in [-0.25, -0.2) is 13.1 Å². The van der Waals surface area contributed by atoms with Crippen LogP contribution in [0, 0.1) is 0 Å². The van der Waals surface area contributed by atoms with Crippen molar-refractivity contribution in [2.45, 2.75) is 56.7 Å². The molecule has 1 heterocycles. The zero-order valence-electron chi connectivity index (χ0n) is 17.4. The molecule has 1 amide bonds. The molecule has 1 atom stereocenters. The summed E-state index contributed by atoms with van der Waals surface area (Å²) in [5.41, 5.74) is 2.09. The Morgan fingerprint density at radius 3 is 2.74 bits per heavy atom. The minimum absolute atomic E-state index is 0.0553. The highest BCUT2D eigenvalue weighted by atomic mass is 35.5. The minimum atomic E-state index is -3.78. The van der Waals surface area contributed by atoms with Gasteiger partial charge in [-0.2, -0.15) is 0 Å². The van der Waals surface area contributed by atoms with Crippen molar-refractivity contribution in [3.8, 4) is 11.5 Å². The van der Waals surface area contributed by atoms with E-state index < -0.39 is 15.9 Å². The van der Waals surface area contributed by atoms with Crippen LogP contribution >= 0.6 is 11.6 Å². The van der Waals surface area contributed by atoms with Gasteiger partial charge in [-0.3, -0.25) is 4.79 Å². The van der Waals surface area contributed by atoms with Crippen molar-refractivity contribution in [2.24, 2.45) is 0 Å². The van der Waals surface area contributed by atoms with Crippen molar-refractivity contribution in [3.05, 3.63) is 52.0 Å². The topological polar surface area (TPSA) is 93.7 Å². The van der Waals surface area contributed by atoms with Gasteiger partial charge in [-0.1, -0.05) is 11.6 Å². The molecule has 1 saturated carbocycles. The molecule has 2 aromatic carbocycles. The molecule has 2 N–H and O–H groups in total. The van der Waals surface area contributed by atoms with Crippen LogP contribution in [0.1, 0.15) is 48.2 Å². The Morgan fingerprint density at radius 2 is 2.03 bits per heavy atom. The number of sulfonamides is 1. The fourth-order valence-corrected chi connectivity index (χ4v) is 5.35. The average Bonchev–Trinajstić information content (AvgIpc) is 3.44. The Labute approximate surface area is 187 Å². The quantitative estimate of drug-likeness (QED) is 0.624. The van der Waals surface area contributed by atoms with Crippen molar-refractivity contribution in [2.75, 3.05) is 6.61 Å². The molecule has 1 unspecified atom stereocenters. The molecule has 0 saturated heterocycles. The van der Waals surface area contributed by atoms with Crippen LogP contribution in [-0.4, -0.2) is 33.1 Å². The first kappa shape index (κ1) is 21.9. The van der Waals surface area contributed by atoms with Crippen LogP contribution in [-0.2, 0) is 23.0 Å². The highest BCUT2D eigenvalue weighted by molar-refractivity contribution is 7.89. The Kier molecular flexibility index (Phi) is 6.14. The fourth-order valence-electron chi connectivity index (χ4n) is 3.52. The number of halogens is 1. The van der Waals surface area contributed by atoms with Crippen molar-refractivity contribution in [1.29, 1.82) is 0 Å². The van der Waals surface area contributed by atoms with E-state index in [0.29, 0.717) is 12.4 Å². The minimum Gasteiger partial charge on any atom is -0.494 e. The molecule has 2 aliphatic rings. The molecule has 1 fully saturated rings. The molecule has 166 valence electrons. The summed E-state index contributed by atoms with van der Waals surface area (Å²) < 4.78 is 39.3. The van der Waals surface area contributed by atoms with E-state index in [1.54, 1.807) is 0 Å². The van der Waals surface area contributed by atoms with Gasteiger partial charge in [0.15, 0.2) is 0 Å². The second-order valence-corrected chi connectivity index (χ2v) is 9.95. The van der Waals surface area contributed by atoms with Gasteiger partial charge in [-0.15, -0.1) is 0 Å². The lowest BCUT2D eigenvalue weighted by atomic mass is 10.1. The summed E-state index contributed by atoms with van der Waals surface area (Å²) in [6, 6.07) is 8.03. The van der Waals surface area contributed by atoms with Crippen LogP contribution in [0.3, 0.4) is 0 Å². The molecule has 4 rings (SSSR count). The Morgan fingerprint density at radius 1 is 1.26 bits per heavy atom. The third-order valence-corrected chi connectivity index (χ3v) is 7.20. The maximum atomic E-state index is 12.8. The Balaban J connectivity index is 1.52. The van der Waals surface area contributed by atoms with Gasteiger partial charge in [0.25, 0.3) is 5.91 Å². The highest BCUT2D eigenvalue weighted by Gasteiger charge is 2.30. The Hall–Kier alpha value is -2.29. The summed E-state index contributed by atoms with van der Waals surface area (Å²) in [6.45, 7) is 4.62. The van der Waals surface area contributed by atoms with Gasteiger partial charge in [0, 0.05) is 35.7 Å². The van der Waals surface area contributed by atoms with Gasteiger partial charge >= 0.3 is 0 Å². The second kappa shape index (κ2) is 8.68. The molecule has 1 aliphatic heterocycles. The number of rotatable bonds is 8. The van der Waals surface area contributed by atoms with Crippen LogP contribution in [0.15, 0.2) is 35.2 Å². The van der Waals surface area contributed by atoms with Gasteiger partial charge in [0.05, 0.1) is 11.6 Å². The number of amides is 1. The van der Waals surface area contributed by atoms with E-state index in [1.807, 2.05) is 26.0 Å². The number of hydrogen-bond acceptors (Lipinski definition) is 5. The van der Waals surface area contributed by atoms with Crippen molar-refractivity contribution in [3.63, 3.8) is 0 Å². The van der Waals surface area contributed by atoms with E-state index in [-0.39, 0.29) is 34.2 Å². The third-order valence-electron chi connectivity index (χ3n) is 5.20. The van der Waals surface area contributed by atoms with Crippen molar-refractivity contribution in [1.82, 2.24) is 10.0 Å². The van der Waals surface area contributed by atoms with E-state index in [2.05, 4.69) is 10.0 Å². The number of carbonyl (C=O) groups excluding carboxylic acids is 1. The summed E-state index contributed by atoms with van der Waals surface area (Å²) in [5, 5.41) is 2.91. The van der Waals surface area contributed by atoms with Crippen LogP contribution in [0.5, 0.6) is 11.5 Å². The van der Waals surface area contributed by atoms with E-state index in [9.17, 15) is 13.2 Å². The van der Waals surface area contributed by atoms with Crippen molar-refractivity contribution < 1.29 is 22.7 Å². The lowest BCUT2D eigenvalue weighted by Crippen LogP contribution is -2.27. The number of carbonyl (C=O) groups is 1. The molecular formula is C22H25ClN2O5S. The molecule has 0 bridgehead atoms. The number of ether oxygens (including phenoxy) is 2. The highest BCUT2D eigenvalue weighted by Crippen LogP contribution is 2.35. The second-order valence-electron chi connectivity index (χ2n) is 7.86. The van der Waals surface area contributed by atoms with Gasteiger partial charge < -0.3 is 14.8 Å². The number of nitrogens with one attached hydrogen (secondary N) is 2. The number of fused-ring (bicyclic) bond motifs is 1. The summed E-state index contributed by atoms with van der Waals surface area (Å²) in [5.74, 6) is 1.09. The summed E-state index contributed by atoms with van der Waals surface area (Å²) in [6.07, 6.45) is 2.54. The first-order valence-electron chi connectivity index (χ1n) is 10.3. The predicted octanol–water partition coefficient (Wildman–Crippen LogP) is 3.43. The smallest absolute Gasteiger partial charge is 0.251 e. The third kappa shape index (κ3) is 4.97. The molecular weight excluding hydrogens is 440 g/mol. The molecule has 0 aromatic heterocycles. The molecule has 9 heteroatoms. The molecule has 2 aromatic rings. The fraction of sp³-hybridized carbons (Fsp3) is 0.409. The van der Waals surface area contributed by atoms with Crippen LogP contribution in [0.25, 0.3) is 0 Å². The monoisotopic (exact) mass is 464 g/mol. The van der Waals surface area contributed by atoms with Gasteiger partial charge in [0.1, 0.15) is 22.5 Å². The number of hydrogen-bond donors (Lipinski definition) is 2. The average molecular weight is 465 g/mol. The van der Waals surface area contributed by atoms with E-state index in [0.717, 1.165) is 36.1 Å². The molecule has 0 spiro atoms. The largest absolute Gasteiger partial charge is 0.494 e. The summed E-state index contributed by atoms with van der Waals surface area (Å²) in [4.78, 5) is 12.7. The normalized spacial score (nSPS) is 17.7. The maximum absolute atomic E-state index is 12.8. The first-order chi connectivity index (χ1) is 14.8. The summed E-state index contributed by atoms with van der Waals surface area (Å²) in [7, 11) is -3.78. The molecule has 1 aliphatic carbocycles. The summed E-state index contributed by atoms with van der Waals surface area (Å²) >= 11 is 6.10. The SMILES string of the molecule is CCOc1cc2c(cc1CNC(=O)c1ccc(Cl)c(S(=O)(=O)NC3CC3)c1)OC(C)C2. The zero-order chi connectivity index (χ0) is 22.2. The Bertz CT molecular complexity index is 1120. The lowest BCUT2D eigenvalue weighted by molar-refractivity contribution is 0.0950. The van der Waals surface area contributed by atoms with E-state index in [4.69, 9.17) is 21.1 Å². The van der Waals surface area contributed by atoms with Crippen LogP contribution in [0.2, 0.25) is 5.02 Å². The van der Waals surface area contributed by atoms with Gasteiger partial charge in [-0.05, 0) is 57.0 Å². The van der Waals surface area contributed by atoms with E-state index >= 15 is 0 Å². The van der Waals surface area contributed by atoms with Crippen LogP contribution in [0.4, 0.5) is 0 Å². The van der Waals surface area contributed by atoms with Crippen LogP contribution < -0.4 is 19.5 Å². The van der Waals surface area contributed by atoms with Gasteiger partial charge in [0.2, 0.25) is 10.0 Å². The predicted molar refractivity (Wildman–Crippen MR) is 117 cm³/mol.